The van der Waals surface area contributed by atoms with Crippen LogP contribution in [0.4, 0.5) is 0 Å². The Morgan fingerprint density at radius 3 is 3.20 bits per heavy atom. The van der Waals surface area contributed by atoms with E-state index in [1.165, 1.54) is 16.9 Å². The molecule has 2 rings (SSSR count). The van der Waals surface area contributed by atoms with Crippen molar-refractivity contribution in [1.82, 2.24) is 0 Å². The number of rotatable bonds is 3. The van der Waals surface area contributed by atoms with Crippen LogP contribution in [0.2, 0.25) is 0 Å². The molecular weight excluding hydrogens is 212 g/mol. The summed E-state index contributed by atoms with van der Waals surface area (Å²) in [6.45, 7) is -0.274. The molecule has 1 aromatic carbocycles. The first kappa shape index (κ1) is 10.4. The zero-order valence-corrected chi connectivity index (χ0v) is 9.05. The number of aliphatic carboxylic acids is 1. The van der Waals surface area contributed by atoms with Gasteiger partial charge in [0.05, 0.1) is 0 Å². The van der Waals surface area contributed by atoms with Gasteiger partial charge in [-0.3, -0.25) is 0 Å². The van der Waals surface area contributed by atoms with Crippen LogP contribution in [-0.4, -0.2) is 23.4 Å². The SMILES string of the molecule is O=C(O)COc1ccc2c(c1)SCCC2. The molecule has 1 aliphatic rings. The number of benzene rings is 1. The molecule has 15 heavy (non-hydrogen) atoms. The van der Waals surface area contributed by atoms with E-state index in [1.54, 1.807) is 0 Å². The van der Waals surface area contributed by atoms with Crippen LogP contribution >= 0.6 is 11.8 Å². The first-order valence-electron chi connectivity index (χ1n) is 4.86. The Morgan fingerprint density at radius 1 is 1.53 bits per heavy atom. The summed E-state index contributed by atoms with van der Waals surface area (Å²) in [5.74, 6) is 0.834. The van der Waals surface area contributed by atoms with Gasteiger partial charge in [0, 0.05) is 4.90 Å². The lowest BCUT2D eigenvalue weighted by atomic mass is 10.1. The average Bonchev–Trinajstić information content (AvgIpc) is 2.26. The van der Waals surface area contributed by atoms with E-state index in [9.17, 15) is 4.79 Å². The lowest BCUT2D eigenvalue weighted by molar-refractivity contribution is -0.139. The molecule has 0 saturated heterocycles. The normalized spacial score (nSPS) is 14.4. The van der Waals surface area contributed by atoms with Crippen molar-refractivity contribution >= 4 is 17.7 Å². The van der Waals surface area contributed by atoms with E-state index in [4.69, 9.17) is 9.84 Å². The molecule has 0 fully saturated rings. The van der Waals surface area contributed by atoms with E-state index < -0.39 is 5.97 Å². The van der Waals surface area contributed by atoms with Gasteiger partial charge < -0.3 is 9.84 Å². The van der Waals surface area contributed by atoms with Gasteiger partial charge in [-0.15, -0.1) is 11.8 Å². The second-order valence-corrected chi connectivity index (χ2v) is 4.54. The van der Waals surface area contributed by atoms with E-state index in [2.05, 4.69) is 0 Å². The van der Waals surface area contributed by atoms with Crippen LogP contribution in [0.3, 0.4) is 0 Å². The predicted octanol–water partition coefficient (Wildman–Crippen LogP) is 2.19. The van der Waals surface area contributed by atoms with Gasteiger partial charge in [-0.05, 0) is 36.3 Å². The highest BCUT2D eigenvalue weighted by Gasteiger charge is 2.10. The molecular formula is C11H12O3S. The number of fused-ring (bicyclic) bond motifs is 1. The van der Waals surface area contributed by atoms with Crippen molar-refractivity contribution in [2.45, 2.75) is 17.7 Å². The van der Waals surface area contributed by atoms with Gasteiger partial charge in [0.25, 0.3) is 0 Å². The van der Waals surface area contributed by atoms with Crippen molar-refractivity contribution in [3.63, 3.8) is 0 Å². The zero-order chi connectivity index (χ0) is 10.7. The molecule has 0 amide bonds. The van der Waals surface area contributed by atoms with Gasteiger partial charge in [-0.1, -0.05) is 6.07 Å². The third kappa shape index (κ3) is 2.65. The summed E-state index contributed by atoms with van der Waals surface area (Å²) in [5.41, 5.74) is 1.34. The maximum absolute atomic E-state index is 10.3. The van der Waals surface area contributed by atoms with E-state index in [1.807, 2.05) is 30.0 Å². The summed E-state index contributed by atoms with van der Waals surface area (Å²) < 4.78 is 5.12. The molecule has 4 heteroatoms. The number of ether oxygens (including phenoxy) is 1. The summed E-state index contributed by atoms with van der Waals surface area (Å²) >= 11 is 1.81. The Hall–Kier alpha value is -1.16. The molecule has 3 nitrogen and oxygen atoms in total. The first-order chi connectivity index (χ1) is 7.25. The Bertz CT molecular complexity index is 376. The summed E-state index contributed by atoms with van der Waals surface area (Å²) in [7, 11) is 0. The number of carboxylic acid groups (broad SMARTS) is 1. The van der Waals surface area contributed by atoms with Crippen molar-refractivity contribution < 1.29 is 14.6 Å². The van der Waals surface area contributed by atoms with Crippen LogP contribution in [-0.2, 0) is 11.2 Å². The fourth-order valence-electron chi connectivity index (χ4n) is 1.56. The van der Waals surface area contributed by atoms with Gasteiger partial charge in [-0.25, -0.2) is 4.79 Å². The minimum atomic E-state index is -0.944. The highest BCUT2D eigenvalue weighted by molar-refractivity contribution is 7.99. The monoisotopic (exact) mass is 224 g/mol. The Balaban J connectivity index is 2.10. The van der Waals surface area contributed by atoms with Crippen molar-refractivity contribution in [3.8, 4) is 5.75 Å². The van der Waals surface area contributed by atoms with Crippen LogP contribution in [0.15, 0.2) is 23.1 Å². The maximum Gasteiger partial charge on any atom is 0.341 e. The van der Waals surface area contributed by atoms with Crippen molar-refractivity contribution in [3.05, 3.63) is 23.8 Å². The van der Waals surface area contributed by atoms with Crippen molar-refractivity contribution in [2.24, 2.45) is 0 Å². The topological polar surface area (TPSA) is 46.5 Å². The molecule has 1 aliphatic heterocycles. The number of carboxylic acids is 1. The molecule has 1 aromatic rings. The molecule has 80 valence electrons. The van der Waals surface area contributed by atoms with E-state index in [0.717, 1.165) is 12.2 Å². The van der Waals surface area contributed by atoms with Crippen LogP contribution in [0.1, 0.15) is 12.0 Å². The summed E-state index contributed by atoms with van der Waals surface area (Å²) in [5, 5.41) is 8.48. The highest BCUT2D eigenvalue weighted by atomic mass is 32.2. The lowest BCUT2D eigenvalue weighted by Crippen LogP contribution is -2.09. The molecule has 0 aromatic heterocycles. The molecule has 0 atom stereocenters. The number of carbonyl (C=O) groups is 1. The number of hydrogen-bond donors (Lipinski definition) is 1. The molecule has 1 heterocycles. The molecule has 0 saturated carbocycles. The lowest BCUT2D eigenvalue weighted by Gasteiger charge is -2.15. The van der Waals surface area contributed by atoms with Gasteiger partial charge in [0.1, 0.15) is 5.75 Å². The Morgan fingerprint density at radius 2 is 2.40 bits per heavy atom. The number of aryl methyl sites for hydroxylation is 1. The van der Waals surface area contributed by atoms with Crippen molar-refractivity contribution in [2.75, 3.05) is 12.4 Å². The first-order valence-corrected chi connectivity index (χ1v) is 5.84. The number of thioether (sulfide) groups is 1. The standard InChI is InChI=1S/C11H12O3S/c12-11(13)7-14-9-4-3-8-2-1-5-15-10(8)6-9/h3-4,6H,1-2,5,7H2,(H,12,13). The zero-order valence-electron chi connectivity index (χ0n) is 8.23. The minimum Gasteiger partial charge on any atom is -0.482 e. The third-order valence-corrected chi connectivity index (χ3v) is 3.43. The van der Waals surface area contributed by atoms with Crippen LogP contribution < -0.4 is 4.74 Å². The van der Waals surface area contributed by atoms with Crippen molar-refractivity contribution in [1.29, 1.82) is 0 Å². The fraction of sp³-hybridized carbons (Fsp3) is 0.364. The van der Waals surface area contributed by atoms with Crippen LogP contribution in [0.5, 0.6) is 5.75 Å². The highest BCUT2D eigenvalue weighted by Crippen LogP contribution is 2.32. The van der Waals surface area contributed by atoms with Crippen LogP contribution in [0.25, 0.3) is 0 Å². The fourth-order valence-corrected chi connectivity index (χ4v) is 2.62. The molecule has 0 unspecified atom stereocenters. The third-order valence-electron chi connectivity index (χ3n) is 2.25. The van der Waals surface area contributed by atoms with Gasteiger partial charge in [-0.2, -0.15) is 0 Å². The van der Waals surface area contributed by atoms with Gasteiger partial charge in [0.2, 0.25) is 0 Å². The van der Waals surface area contributed by atoms with E-state index in [0.29, 0.717) is 5.75 Å². The summed E-state index contributed by atoms with van der Waals surface area (Å²) in [6, 6.07) is 5.80. The average molecular weight is 224 g/mol. The smallest absolute Gasteiger partial charge is 0.341 e. The van der Waals surface area contributed by atoms with Gasteiger partial charge in [0.15, 0.2) is 6.61 Å². The second-order valence-electron chi connectivity index (χ2n) is 3.40. The molecule has 1 N–H and O–H groups in total. The Kier molecular flexibility index (Phi) is 3.16. The maximum atomic E-state index is 10.3. The van der Waals surface area contributed by atoms with E-state index >= 15 is 0 Å². The summed E-state index contributed by atoms with van der Waals surface area (Å²) in [6.07, 6.45) is 2.33. The quantitative estimate of drug-likeness (QED) is 0.855. The van der Waals surface area contributed by atoms with Gasteiger partial charge >= 0.3 is 5.97 Å². The largest absolute Gasteiger partial charge is 0.482 e. The molecule has 0 spiro atoms. The predicted molar refractivity (Wildman–Crippen MR) is 58.6 cm³/mol. The van der Waals surface area contributed by atoms with E-state index in [-0.39, 0.29) is 6.61 Å². The second kappa shape index (κ2) is 4.57. The number of hydrogen-bond acceptors (Lipinski definition) is 3. The minimum absolute atomic E-state index is 0.274. The Labute approximate surface area is 92.4 Å². The molecule has 0 aliphatic carbocycles. The summed E-state index contributed by atoms with van der Waals surface area (Å²) in [4.78, 5) is 11.6. The molecule has 0 radical (unpaired) electrons. The van der Waals surface area contributed by atoms with Crippen LogP contribution in [0, 0.1) is 0 Å². The molecule has 0 bridgehead atoms.